The Hall–Kier alpha value is -2.22. The summed E-state index contributed by atoms with van der Waals surface area (Å²) in [7, 11) is 0. The van der Waals surface area contributed by atoms with E-state index in [0.29, 0.717) is 0 Å². The molecule has 2 N–H and O–H groups in total. The highest BCUT2D eigenvalue weighted by atomic mass is 16.3. The third-order valence-electron chi connectivity index (χ3n) is 3.20. The topological polar surface area (TPSA) is 32.3 Å². The fourth-order valence-electron chi connectivity index (χ4n) is 2.19. The van der Waals surface area contributed by atoms with Gasteiger partial charge in [0.25, 0.3) is 0 Å². The maximum atomic E-state index is 9.86. The second kappa shape index (κ2) is 6.10. The number of anilines is 1. The second-order valence-corrected chi connectivity index (χ2v) is 4.60. The molecule has 0 heterocycles. The van der Waals surface area contributed by atoms with Crippen LogP contribution < -0.4 is 5.32 Å². The van der Waals surface area contributed by atoms with Crippen molar-refractivity contribution < 1.29 is 5.11 Å². The molecule has 2 nitrogen and oxygen atoms in total. The number of hydrogen-bond acceptors (Lipinski definition) is 2. The van der Waals surface area contributed by atoms with Crippen molar-refractivity contribution in [3.8, 4) is 5.75 Å². The molecule has 98 valence electrons. The van der Waals surface area contributed by atoms with Crippen molar-refractivity contribution in [2.75, 3.05) is 5.32 Å². The number of hydrogen-bond donors (Lipinski definition) is 2. The summed E-state index contributed by atoms with van der Waals surface area (Å²) in [5, 5.41) is 13.2. The number of phenols is 1. The number of aryl methyl sites for hydroxylation is 1. The third-order valence-corrected chi connectivity index (χ3v) is 3.20. The SMILES string of the molecule is C=CCC(Nc1ccccc1O)c1ccccc1C. The number of benzene rings is 2. The minimum Gasteiger partial charge on any atom is -0.506 e. The fraction of sp³-hybridized carbons (Fsp3) is 0.176. The van der Waals surface area contributed by atoms with Crippen LogP contribution in [0.1, 0.15) is 23.6 Å². The summed E-state index contributed by atoms with van der Waals surface area (Å²) in [6, 6.07) is 15.7. The minimum absolute atomic E-state index is 0.118. The number of rotatable bonds is 5. The monoisotopic (exact) mass is 253 g/mol. The van der Waals surface area contributed by atoms with E-state index < -0.39 is 0 Å². The van der Waals surface area contributed by atoms with E-state index in [-0.39, 0.29) is 11.8 Å². The summed E-state index contributed by atoms with van der Waals surface area (Å²) in [5.74, 6) is 0.269. The number of para-hydroxylation sites is 2. The van der Waals surface area contributed by atoms with E-state index in [1.54, 1.807) is 6.07 Å². The molecule has 1 unspecified atom stereocenters. The van der Waals surface area contributed by atoms with Crippen molar-refractivity contribution >= 4 is 5.69 Å². The molecule has 19 heavy (non-hydrogen) atoms. The molecule has 2 aromatic rings. The molecule has 0 aromatic heterocycles. The Bertz CT molecular complexity index is 563. The lowest BCUT2D eigenvalue weighted by atomic mass is 9.98. The van der Waals surface area contributed by atoms with Gasteiger partial charge in [-0.3, -0.25) is 0 Å². The van der Waals surface area contributed by atoms with Crippen LogP contribution in [0.4, 0.5) is 5.69 Å². The van der Waals surface area contributed by atoms with Crippen LogP contribution in [-0.4, -0.2) is 5.11 Å². The molecule has 2 heteroatoms. The van der Waals surface area contributed by atoms with E-state index in [1.807, 2.05) is 36.4 Å². The molecule has 0 aliphatic rings. The molecule has 0 aliphatic heterocycles. The van der Waals surface area contributed by atoms with Gasteiger partial charge >= 0.3 is 0 Å². The second-order valence-electron chi connectivity index (χ2n) is 4.60. The molecule has 0 radical (unpaired) electrons. The molecule has 0 spiro atoms. The first-order valence-corrected chi connectivity index (χ1v) is 6.43. The van der Waals surface area contributed by atoms with E-state index in [4.69, 9.17) is 0 Å². The molecule has 2 aromatic carbocycles. The van der Waals surface area contributed by atoms with E-state index >= 15 is 0 Å². The lowest BCUT2D eigenvalue weighted by Crippen LogP contribution is -2.11. The molecular weight excluding hydrogens is 234 g/mol. The lowest BCUT2D eigenvalue weighted by molar-refractivity contribution is 0.476. The summed E-state index contributed by atoms with van der Waals surface area (Å²) in [6.45, 7) is 5.91. The molecule has 1 atom stereocenters. The van der Waals surface area contributed by atoms with Gasteiger partial charge in [-0.15, -0.1) is 6.58 Å². The summed E-state index contributed by atoms with van der Waals surface area (Å²) in [4.78, 5) is 0. The normalized spacial score (nSPS) is 11.8. The van der Waals surface area contributed by atoms with Crippen LogP contribution in [0.15, 0.2) is 61.2 Å². The molecule has 0 bridgehead atoms. The number of phenolic OH excluding ortho intramolecular Hbond substituents is 1. The van der Waals surface area contributed by atoms with E-state index in [1.165, 1.54) is 11.1 Å². The average Bonchev–Trinajstić information content (AvgIpc) is 2.41. The van der Waals surface area contributed by atoms with Gasteiger partial charge in [-0.2, -0.15) is 0 Å². The molecule has 0 fully saturated rings. The molecule has 0 saturated heterocycles. The average molecular weight is 253 g/mol. The van der Waals surface area contributed by atoms with Gasteiger partial charge in [0.1, 0.15) is 5.75 Å². The van der Waals surface area contributed by atoms with E-state index in [0.717, 1.165) is 12.1 Å². The number of aromatic hydroxyl groups is 1. The quantitative estimate of drug-likeness (QED) is 0.610. The Morgan fingerprint density at radius 2 is 1.84 bits per heavy atom. The van der Waals surface area contributed by atoms with Gasteiger partial charge in [-0.05, 0) is 36.6 Å². The molecule has 0 saturated carbocycles. The Morgan fingerprint density at radius 3 is 2.53 bits per heavy atom. The Kier molecular flexibility index (Phi) is 4.24. The molecule has 0 aliphatic carbocycles. The van der Waals surface area contributed by atoms with Crippen LogP contribution in [-0.2, 0) is 0 Å². The Balaban J connectivity index is 2.29. The van der Waals surface area contributed by atoms with Crippen molar-refractivity contribution in [3.05, 3.63) is 72.3 Å². The highest BCUT2D eigenvalue weighted by molar-refractivity contribution is 5.56. The van der Waals surface area contributed by atoms with Gasteiger partial charge in [0.05, 0.1) is 11.7 Å². The lowest BCUT2D eigenvalue weighted by Gasteiger charge is -2.21. The van der Waals surface area contributed by atoms with Crippen LogP contribution in [0.2, 0.25) is 0 Å². The van der Waals surface area contributed by atoms with Gasteiger partial charge in [-0.1, -0.05) is 42.5 Å². The van der Waals surface area contributed by atoms with Crippen LogP contribution in [0.3, 0.4) is 0 Å². The van der Waals surface area contributed by atoms with Gasteiger partial charge in [-0.25, -0.2) is 0 Å². The molecule has 0 amide bonds. The highest BCUT2D eigenvalue weighted by Gasteiger charge is 2.13. The van der Waals surface area contributed by atoms with Gasteiger partial charge < -0.3 is 10.4 Å². The first kappa shape index (κ1) is 13.2. The fourth-order valence-corrected chi connectivity index (χ4v) is 2.19. The Labute approximate surface area is 114 Å². The van der Waals surface area contributed by atoms with Crippen molar-refractivity contribution in [1.82, 2.24) is 0 Å². The van der Waals surface area contributed by atoms with Crippen molar-refractivity contribution in [1.29, 1.82) is 0 Å². The maximum Gasteiger partial charge on any atom is 0.138 e. The summed E-state index contributed by atoms with van der Waals surface area (Å²) < 4.78 is 0. The standard InChI is InChI=1S/C17H19NO/c1-3-8-15(14-10-5-4-9-13(14)2)18-16-11-6-7-12-17(16)19/h3-7,9-12,15,18-19H,1,8H2,2H3. The zero-order valence-corrected chi connectivity index (χ0v) is 11.1. The summed E-state index contributed by atoms with van der Waals surface area (Å²) in [5.41, 5.74) is 3.21. The van der Waals surface area contributed by atoms with Crippen molar-refractivity contribution in [2.45, 2.75) is 19.4 Å². The smallest absolute Gasteiger partial charge is 0.138 e. The van der Waals surface area contributed by atoms with Crippen LogP contribution in [0.5, 0.6) is 5.75 Å². The van der Waals surface area contributed by atoms with Crippen LogP contribution in [0, 0.1) is 6.92 Å². The minimum atomic E-state index is 0.118. The molecular formula is C17H19NO. The van der Waals surface area contributed by atoms with Crippen molar-refractivity contribution in [3.63, 3.8) is 0 Å². The van der Waals surface area contributed by atoms with Crippen molar-refractivity contribution in [2.24, 2.45) is 0 Å². The first-order valence-electron chi connectivity index (χ1n) is 6.43. The number of nitrogens with one attached hydrogen (secondary N) is 1. The van der Waals surface area contributed by atoms with Gasteiger partial charge in [0.15, 0.2) is 0 Å². The predicted octanol–water partition coefficient (Wildman–Crippen LogP) is 4.43. The van der Waals surface area contributed by atoms with Gasteiger partial charge in [0, 0.05) is 0 Å². The largest absolute Gasteiger partial charge is 0.506 e. The maximum absolute atomic E-state index is 9.86. The third kappa shape index (κ3) is 3.16. The van der Waals surface area contributed by atoms with Crippen LogP contribution >= 0.6 is 0 Å². The van der Waals surface area contributed by atoms with E-state index in [9.17, 15) is 5.11 Å². The summed E-state index contributed by atoms with van der Waals surface area (Å²) in [6.07, 6.45) is 2.70. The van der Waals surface area contributed by atoms with Gasteiger partial charge in [0.2, 0.25) is 0 Å². The Morgan fingerprint density at radius 1 is 1.16 bits per heavy atom. The highest BCUT2D eigenvalue weighted by Crippen LogP contribution is 2.30. The zero-order chi connectivity index (χ0) is 13.7. The van der Waals surface area contributed by atoms with Crippen LogP contribution in [0.25, 0.3) is 0 Å². The van der Waals surface area contributed by atoms with E-state index in [2.05, 4.69) is 31.0 Å². The zero-order valence-electron chi connectivity index (χ0n) is 11.1. The predicted molar refractivity (Wildman–Crippen MR) is 80.5 cm³/mol. The summed E-state index contributed by atoms with van der Waals surface area (Å²) >= 11 is 0. The first-order chi connectivity index (χ1) is 9.22. The molecule has 2 rings (SSSR count).